The van der Waals surface area contributed by atoms with E-state index in [0.717, 1.165) is 27.7 Å². The molecule has 3 aromatic rings. The number of furan rings is 1. The summed E-state index contributed by atoms with van der Waals surface area (Å²) in [5.74, 6) is 0.281. The average Bonchev–Trinajstić information content (AvgIpc) is 3.08. The van der Waals surface area contributed by atoms with E-state index in [1.807, 2.05) is 26.0 Å². The Morgan fingerprint density at radius 1 is 1.03 bits per heavy atom. The van der Waals surface area contributed by atoms with Crippen molar-refractivity contribution < 1.29 is 28.2 Å². The zero-order valence-corrected chi connectivity index (χ0v) is 16.2. The van der Waals surface area contributed by atoms with Crippen LogP contribution in [0.1, 0.15) is 16.7 Å². The zero-order chi connectivity index (χ0) is 20.4. The molecule has 0 spiro atoms. The van der Waals surface area contributed by atoms with Crippen LogP contribution in [0.5, 0.6) is 11.5 Å². The molecule has 1 aliphatic rings. The molecule has 2 heterocycles. The molecule has 0 saturated carbocycles. The number of rotatable bonds is 5. The highest BCUT2D eigenvalue weighted by molar-refractivity contribution is 5.93. The number of anilines is 1. The molecule has 0 unspecified atom stereocenters. The molecule has 0 atom stereocenters. The second-order valence-electron chi connectivity index (χ2n) is 6.94. The normalized spacial score (nSPS) is 12.6. The molecule has 0 fully saturated rings. The Balaban J connectivity index is 1.33. The number of carbonyl (C=O) groups is 2. The maximum absolute atomic E-state index is 12.2. The fourth-order valence-corrected chi connectivity index (χ4v) is 3.14. The van der Waals surface area contributed by atoms with Gasteiger partial charge in [0.25, 0.3) is 5.91 Å². The smallest absolute Gasteiger partial charge is 0.310 e. The van der Waals surface area contributed by atoms with Crippen LogP contribution in [-0.2, 0) is 20.7 Å². The van der Waals surface area contributed by atoms with Gasteiger partial charge in [-0.15, -0.1) is 0 Å². The van der Waals surface area contributed by atoms with Crippen molar-refractivity contribution in [2.75, 3.05) is 25.1 Å². The predicted molar refractivity (Wildman–Crippen MR) is 106 cm³/mol. The van der Waals surface area contributed by atoms with E-state index in [2.05, 4.69) is 5.32 Å². The first-order chi connectivity index (χ1) is 14.0. The summed E-state index contributed by atoms with van der Waals surface area (Å²) in [7, 11) is 0. The fourth-order valence-electron chi connectivity index (χ4n) is 3.14. The lowest BCUT2D eigenvalue weighted by Crippen LogP contribution is -2.22. The molecular weight excluding hydrogens is 374 g/mol. The molecule has 4 rings (SSSR count). The highest BCUT2D eigenvalue weighted by atomic mass is 16.6. The molecule has 7 heteroatoms. The molecule has 0 bridgehead atoms. The first-order valence-corrected chi connectivity index (χ1v) is 9.32. The summed E-state index contributed by atoms with van der Waals surface area (Å²) >= 11 is 0. The number of amides is 1. The molecule has 150 valence electrons. The number of esters is 1. The first-order valence-electron chi connectivity index (χ1n) is 9.32. The summed E-state index contributed by atoms with van der Waals surface area (Å²) in [6, 6.07) is 9.04. The number of ether oxygens (including phenoxy) is 3. The largest absolute Gasteiger partial charge is 0.486 e. The Hall–Kier alpha value is -3.48. The molecule has 1 aromatic heterocycles. The number of benzene rings is 2. The van der Waals surface area contributed by atoms with Gasteiger partial charge in [-0.1, -0.05) is 0 Å². The van der Waals surface area contributed by atoms with Gasteiger partial charge in [0.1, 0.15) is 18.8 Å². The summed E-state index contributed by atoms with van der Waals surface area (Å²) in [5, 5.41) is 3.56. The van der Waals surface area contributed by atoms with Gasteiger partial charge in [0.2, 0.25) is 0 Å². The second-order valence-corrected chi connectivity index (χ2v) is 6.94. The van der Waals surface area contributed by atoms with Crippen molar-refractivity contribution in [1.82, 2.24) is 0 Å². The van der Waals surface area contributed by atoms with Gasteiger partial charge in [-0.25, -0.2) is 0 Å². The van der Waals surface area contributed by atoms with E-state index in [0.29, 0.717) is 30.4 Å². The van der Waals surface area contributed by atoms with Crippen LogP contribution < -0.4 is 14.8 Å². The third-order valence-electron chi connectivity index (χ3n) is 4.79. The molecule has 0 saturated heterocycles. The topological polar surface area (TPSA) is 87.0 Å². The monoisotopic (exact) mass is 395 g/mol. The van der Waals surface area contributed by atoms with Crippen LogP contribution in [0, 0.1) is 13.8 Å². The molecule has 1 N–H and O–H groups in total. The molecule has 2 aromatic carbocycles. The summed E-state index contributed by atoms with van der Waals surface area (Å²) in [6.45, 7) is 4.60. The molecular formula is C22H21NO6. The Morgan fingerprint density at radius 3 is 2.62 bits per heavy atom. The fraction of sp³-hybridized carbons (Fsp3) is 0.273. The molecule has 1 amide bonds. The Labute approximate surface area is 167 Å². The van der Waals surface area contributed by atoms with E-state index in [1.165, 1.54) is 0 Å². The lowest BCUT2D eigenvalue weighted by Gasteiger charge is -2.19. The van der Waals surface area contributed by atoms with Crippen molar-refractivity contribution in [3.8, 4) is 11.5 Å². The van der Waals surface area contributed by atoms with Gasteiger partial charge < -0.3 is 23.9 Å². The van der Waals surface area contributed by atoms with E-state index in [1.54, 1.807) is 24.5 Å². The second kappa shape index (κ2) is 7.87. The van der Waals surface area contributed by atoms with E-state index in [-0.39, 0.29) is 13.0 Å². The van der Waals surface area contributed by atoms with Crippen LogP contribution in [-0.4, -0.2) is 31.7 Å². The van der Waals surface area contributed by atoms with Gasteiger partial charge in [0.15, 0.2) is 18.1 Å². The van der Waals surface area contributed by atoms with Crippen LogP contribution in [0.25, 0.3) is 11.0 Å². The number of hydrogen-bond donors (Lipinski definition) is 1. The SMILES string of the molecule is Cc1cc2occ(CC(=O)OCC(=O)Nc3ccc4c(c3)OCCO4)c2cc1C. The molecule has 1 aliphatic heterocycles. The number of hydrogen-bond acceptors (Lipinski definition) is 6. The van der Waals surface area contributed by atoms with Gasteiger partial charge in [-0.3, -0.25) is 9.59 Å². The maximum atomic E-state index is 12.2. The molecule has 29 heavy (non-hydrogen) atoms. The average molecular weight is 395 g/mol. The van der Waals surface area contributed by atoms with Crippen LogP contribution in [0.4, 0.5) is 5.69 Å². The Bertz CT molecular complexity index is 1080. The van der Waals surface area contributed by atoms with E-state index in [4.69, 9.17) is 18.6 Å². The van der Waals surface area contributed by atoms with Crippen LogP contribution in [0.3, 0.4) is 0 Å². The van der Waals surface area contributed by atoms with E-state index in [9.17, 15) is 9.59 Å². The minimum Gasteiger partial charge on any atom is -0.486 e. The van der Waals surface area contributed by atoms with E-state index < -0.39 is 11.9 Å². The quantitative estimate of drug-likeness (QED) is 0.665. The molecule has 0 aliphatic carbocycles. The van der Waals surface area contributed by atoms with Gasteiger partial charge in [-0.2, -0.15) is 0 Å². The van der Waals surface area contributed by atoms with Gasteiger partial charge in [-0.05, 0) is 49.2 Å². The Kier molecular flexibility index (Phi) is 5.12. The van der Waals surface area contributed by atoms with Crippen molar-refractivity contribution in [3.05, 3.63) is 53.3 Å². The highest BCUT2D eigenvalue weighted by Gasteiger charge is 2.15. The number of fused-ring (bicyclic) bond motifs is 2. The van der Waals surface area contributed by atoms with Crippen molar-refractivity contribution in [2.24, 2.45) is 0 Å². The predicted octanol–water partition coefficient (Wildman–Crippen LogP) is 3.55. The summed E-state index contributed by atoms with van der Waals surface area (Å²) in [4.78, 5) is 24.3. The third kappa shape index (κ3) is 4.18. The number of aryl methyl sites for hydroxylation is 2. The highest BCUT2D eigenvalue weighted by Crippen LogP contribution is 2.32. The Morgan fingerprint density at radius 2 is 1.79 bits per heavy atom. The lowest BCUT2D eigenvalue weighted by atomic mass is 10.0. The van der Waals surface area contributed by atoms with Crippen molar-refractivity contribution in [1.29, 1.82) is 0 Å². The summed E-state index contributed by atoms with van der Waals surface area (Å²) in [5.41, 5.74) is 4.25. The molecule has 7 nitrogen and oxygen atoms in total. The van der Waals surface area contributed by atoms with Gasteiger partial charge >= 0.3 is 5.97 Å². The zero-order valence-electron chi connectivity index (χ0n) is 16.2. The van der Waals surface area contributed by atoms with E-state index >= 15 is 0 Å². The lowest BCUT2D eigenvalue weighted by molar-refractivity contribution is -0.146. The van der Waals surface area contributed by atoms with Gasteiger partial charge in [0.05, 0.1) is 12.7 Å². The van der Waals surface area contributed by atoms with Crippen molar-refractivity contribution >= 4 is 28.5 Å². The van der Waals surface area contributed by atoms with Crippen LogP contribution in [0.15, 0.2) is 41.0 Å². The van der Waals surface area contributed by atoms with Gasteiger partial charge in [0, 0.05) is 22.7 Å². The number of nitrogens with one attached hydrogen (secondary N) is 1. The van der Waals surface area contributed by atoms with Crippen molar-refractivity contribution in [3.63, 3.8) is 0 Å². The minimum atomic E-state index is -0.497. The standard InChI is InChI=1S/C22H21NO6/c1-13-7-17-15(11-28-19(17)8-14(13)2)9-22(25)29-12-21(24)23-16-3-4-18-20(10-16)27-6-5-26-18/h3-4,7-8,10-11H,5-6,9,12H2,1-2H3,(H,23,24). The third-order valence-corrected chi connectivity index (χ3v) is 4.79. The van der Waals surface area contributed by atoms with Crippen molar-refractivity contribution in [2.45, 2.75) is 20.3 Å². The van der Waals surface area contributed by atoms with Crippen LogP contribution >= 0.6 is 0 Å². The number of carbonyl (C=O) groups excluding carboxylic acids is 2. The summed E-state index contributed by atoms with van der Waals surface area (Å²) < 4.78 is 21.6. The molecule has 0 radical (unpaired) electrons. The summed E-state index contributed by atoms with van der Waals surface area (Å²) in [6.07, 6.45) is 1.59. The minimum absolute atomic E-state index is 0.0345. The maximum Gasteiger partial charge on any atom is 0.310 e. The van der Waals surface area contributed by atoms with Crippen LogP contribution in [0.2, 0.25) is 0 Å². The first kappa shape index (κ1) is 18.9.